The fourth-order valence-electron chi connectivity index (χ4n) is 1.06. The van der Waals surface area contributed by atoms with Gasteiger partial charge in [0.1, 0.15) is 0 Å². The van der Waals surface area contributed by atoms with Gasteiger partial charge in [-0.1, -0.05) is 12.8 Å². The number of nitrogens with one attached hydrogen (secondary N) is 1. The van der Waals surface area contributed by atoms with Gasteiger partial charge in [0, 0.05) is 19.4 Å². The summed E-state index contributed by atoms with van der Waals surface area (Å²) in [5.41, 5.74) is 0. The zero-order valence-corrected chi connectivity index (χ0v) is 5.80. The monoisotopic (exact) mass is 153 g/mol. The number of alkyl halides is 2. The summed E-state index contributed by atoms with van der Waals surface area (Å²) in [5, 5.41) is 0. The van der Waals surface area contributed by atoms with Crippen molar-refractivity contribution in [1.29, 1.82) is 0 Å². The minimum atomic E-state index is -2.38. The third-order valence-corrected chi connectivity index (χ3v) is 1.74. The van der Waals surface area contributed by atoms with Crippen molar-refractivity contribution in [2.75, 3.05) is 6.54 Å². The predicted molar refractivity (Wildman–Crippen MR) is 34.7 cm³/mol. The highest BCUT2D eigenvalue weighted by Gasteiger charge is 2.44. The maximum absolute atomic E-state index is 12.1. The summed E-state index contributed by atoms with van der Waals surface area (Å²) in [5.74, 6) is -2.24. The van der Waals surface area contributed by atoms with Crippen LogP contribution in [0.4, 0.5) is 8.78 Å². The molecule has 0 spiro atoms. The van der Waals surface area contributed by atoms with Crippen molar-refractivity contribution >= 4 is 12.8 Å². The van der Waals surface area contributed by atoms with E-state index in [1.54, 1.807) is 0 Å². The fraction of sp³-hybridized carbons (Fsp3) is 1.00. The lowest BCUT2D eigenvalue weighted by atomic mass is 9.82. The molecule has 1 nitrogen and oxygen atoms in total. The minimum absolute atomic E-state index is 0.0283. The smallest absolute Gasteiger partial charge is 0.248 e. The van der Waals surface area contributed by atoms with Crippen molar-refractivity contribution in [3.63, 3.8) is 0 Å². The quantitative estimate of drug-likeness (QED) is 0.572. The first kappa shape index (κ1) is 7.28. The van der Waals surface area contributed by atoms with Gasteiger partial charge in [0.25, 0.3) is 0 Å². The van der Waals surface area contributed by atoms with Crippen molar-refractivity contribution in [2.45, 2.75) is 18.8 Å². The number of thiol groups is 1. The molecule has 0 saturated heterocycles. The van der Waals surface area contributed by atoms with Gasteiger partial charge in [-0.3, -0.25) is 4.72 Å². The van der Waals surface area contributed by atoms with Crippen LogP contribution in [0.5, 0.6) is 0 Å². The first-order chi connectivity index (χ1) is 4.14. The Kier molecular flexibility index (Phi) is 1.96. The van der Waals surface area contributed by atoms with Crippen LogP contribution in [0.1, 0.15) is 12.8 Å². The maximum atomic E-state index is 12.1. The van der Waals surface area contributed by atoms with Gasteiger partial charge < -0.3 is 0 Å². The van der Waals surface area contributed by atoms with Crippen molar-refractivity contribution in [3.05, 3.63) is 0 Å². The van der Waals surface area contributed by atoms with Crippen LogP contribution in [-0.4, -0.2) is 12.5 Å². The molecular formula is C5H9F2NS. The lowest BCUT2D eigenvalue weighted by molar-refractivity contribution is -0.107. The first-order valence-electron chi connectivity index (χ1n) is 2.89. The molecule has 0 heterocycles. The molecule has 0 aromatic carbocycles. The van der Waals surface area contributed by atoms with Gasteiger partial charge in [0.15, 0.2) is 0 Å². The second kappa shape index (κ2) is 2.42. The van der Waals surface area contributed by atoms with Gasteiger partial charge in [0.2, 0.25) is 5.92 Å². The average molecular weight is 153 g/mol. The number of rotatable bonds is 2. The van der Waals surface area contributed by atoms with Crippen LogP contribution in [0.25, 0.3) is 0 Å². The second-order valence-corrected chi connectivity index (χ2v) is 2.81. The van der Waals surface area contributed by atoms with Crippen LogP contribution in [-0.2, 0) is 0 Å². The summed E-state index contributed by atoms with van der Waals surface area (Å²) < 4.78 is 26.7. The van der Waals surface area contributed by atoms with E-state index < -0.39 is 5.92 Å². The maximum Gasteiger partial charge on any atom is 0.248 e. The molecule has 0 unspecified atom stereocenters. The fourth-order valence-corrected chi connectivity index (χ4v) is 1.32. The molecule has 0 bridgehead atoms. The van der Waals surface area contributed by atoms with E-state index in [1.807, 2.05) is 0 Å². The van der Waals surface area contributed by atoms with Crippen molar-refractivity contribution in [1.82, 2.24) is 4.72 Å². The van der Waals surface area contributed by atoms with Crippen LogP contribution in [0.15, 0.2) is 0 Å². The molecule has 9 heavy (non-hydrogen) atoms. The van der Waals surface area contributed by atoms with E-state index in [0.717, 1.165) is 0 Å². The van der Waals surface area contributed by atoms with E-state index in [0.29, 0.717) is 6.54 Å². The summed E-state index contributed by atoms with van der Waals surface area (Å²) in [4.78, 5) is 0. The molecule has 0 atom stereocenters. The van der Waals surface area contributed by atoms with Gasteiger partial charge in [0.05, 0.1) is 0 Å². The average Bonchev–Trinajstić information content (AvgIpc) is 1.62. The zero-order chi connectivity index (χ0) is 6.91. The van der Waals surface area contributed by atoms with Crippen LogP contribution < -0.4 is 4.72 Å². The Hall–Kier alpha value is 0.170. The molecule has 1 saturated carbocycles. The first-order valence-corrected chi connectivity index (χ1v) is 3.33. The Morgan fingerprint density at radius 3 is 2.44 bits per heavy atom. The number of hydrogen-bond donors (Lipinski definition) is 2. The Bertz CT molecular complexity index is 99.1. The highest BCUT2D eigenvalue weighted by molar-refractivity contribution is 7.78. The largest absolute Gasteiger partial charge is 0.267 e. The second-order valence-electron chi connectivity index (χ2n) is 2.49. The van der Waals surface area contributed by atoms with E-state index in [9.17, 15) is 8.78 Å². The van der Waals surface area contributed by atoms with Crippen molar-refractivity contribution < 1.29 is 8.78 Å². The van der Waals surface area contributed by atoms with E-state index in [-0.39, 0.29) is 18.8 Å². The molecule has 1 rings (SSSR count). The molecule has 1 aliphatic carbocycles. The normalized spacial score (nSPS) is 25.7. The SMILES string of the molecule is FC1(F)CC(CNS)C1. The summed E-state index contributed by atoms with van der Waals surface area (Å²) in [7, 11) is 0. The molecule has 1 aliphatic rings. The molecule has 1 fully saturated rings. The molecule has 0 aromatic heterocycles. The van der Waals surface area contributed by atoms with E-state index in [2.05, 4.69) is 17.5 Å². The van der Waals surface area contributed by atoms with Gasteiger partial charge >= 0.3 is 0 Å². The van der Waals surface area contributed by atoms with Crippen LogP contribution >= 0.6 is 12.8 Å². The molecule has 0 aliphatic heterocycles. The minimum Gasteiger partial charge on any atom is -0.267 e. The molecule has 54 valence electrons. The summed E-state index contributed by atoms with van der Waals surface area (Å²) >= 11 is 3.71. The molecule has 0 amide bonds. The Balaban J connectivity index is 2.12. The Labute approximate surface area is 58.4 Å². The van der Waals surface area contributed by atoms with E-state index in [4.69, 9.17) is 0 Å². The molecule has 1 N–H and O–H groups in total. The lowest BCUT2D eigenvalue weighted by Crippen LogP contribution is -2.39. The highest BCUT2D eigenvalue weighted by atomic mass is 32.1. The van der Waals surface area contributed by atoms with E-state index in [1.165, 1.54) is 0 Å². The van der Waals surface area contributed by atoms with Crippen LogP contribution in [0.3, 0.4) is 0 Å². The van der Waals surface area contributed by atoms with Crippen molar-refractivity contribution in [3.8, 4) is 0 Å². The van der Waals surface area contributed by atoms with Gasteiger partial charge in [-0.05, 0) is 5.92 Å². The highest BCUT2D eigenvalue weighted by Crippen LogP contribution is 2.41. The van der Waals surface area contributed by atoms with Crippen LogP contribution in [0, 0.1) is 5.92 Å². The van der Waals surface area contributed by atoms with Crippen LogP contribution in [0.2, 0.25) is 0 Å². The van der Waals surface area contributed by atoms with Gasteiger partial charge in [-0.2, -0.15) is 0 Å². The molecular weight excluding hydrogens is 144 g/mol. The standard InChI is InChI=1S/C5H9F2NS/c6-5(7)1-4(2-5)3-8-9/h4,8-9H,1-3H2. The molecule has 0 radical (unpaired) electrons. The number of hydrogen-bond acceptors (Lipinski definition) is 2. The molecule has 4 heteroatoms. The molecule has 0 aromatic rings. The topological polar surface area (TPSA) is 12.0 Å². The lowest BCUT2D eigenvalue weighted by Gasteiger charge is -2.34. The summed E-state index contributed by atoms with van der Waals surface area (Å²) in [6, 6.07) is 0. The van der Waals surface area contributed by atoms with Crippen molar-refractivity contribution in [2.24, 2.45) is 5.92 Å². The summed E-state index contributed by atoms with van der Waals surface area (Å²) in [6.45, 7) is 0.596. The third kappa shape index (κ3) is 1.79. The Morgan fingerprint density at radius 2 is 2.11 bits per heavy atom. The third-order valence-electron chi connectivity index (χ3n) is 1.55. The van der Waals surface area contributed by atoms with Gasteiger partial charge in [-0.15, -0.1) is 0 Å². The Morgan fingerprint density at radius 1 is 1.56 bits per heavy atom. The van der Waals surface area contributed by atoms with Gasteiger partial charge in [-0.25, -0.2) is 8.78 Å². The summed E-state index contributed by atoms with van der Waals surface area (Å²) in [6.07, 6.45) is 0.0567. The predicted octanol–water partition coefficient (Wildman–Crippen LogP) is 1.47. The van der Waals surface area contributed by atoms with E-state index >= 15 is 0 Å². The number of halogens is 2. The zero-order valence-electron chi connectivity index (χ0n) is 4.90.